The first-order valence-electron chi connectivity index (χ1n) is 11.7. The Balaban J connectivity index is 1.91. The molecule has 38 heavy (non-hydrogen) atoms. The second-order valence-corrected chi connectivity index (χ2v) is 11.1. The van der Waals surface area contributed by atoms with Gasteiger partial charge in [-0.2, -0.15) is 13.2 Å². The van der Waals surface area contributed by atoms with E-state index in [9.17, 15) is 18.0 Å². The molecule has 0 fully saturated rings. The molecule has 1 amide bonds. The molecular formula is C28H24Cl3F3N2O2. The molecular weight excluding hydrogens is 560 g/mol. The molecule has 3 aromatic rings. The smallest absolute Gasteiger partial charge is 0.422 e. The van der Waals surface area contributed by atoms with Gasteiger partial charge in [-0.25, -0.2) is 0 Å². The van der Waals surface area contributed by atoms with Crippen LogP contribution in [0.2, 0.25) is 10.0 Å². The van der Waals surface area contributed by atoms with Crippen LogP contribution in [-0.2, 0) is 5.41 Å². The van der Waals surface area contributed by atoms with Gasteiger partial charge in [0.05, 0.1) is 11.6 Å². The second kappa shape index (κ2) is 10.8. The van der Waals surface area contributed by atoms with Gasteiger partial charge in [0.1, 0.15) is 17.6 Å². The van der Waals surface area contributed by atoms with Gasteiger partial charge in [-0.05, 0) is 70.1 Å². The van der Waals surface area contributed by atoms with Crippen LogP contribution in [0.25, 0.3) is 0 Å². The van der Waals surface area contributed by atoms with Gasteiger partial charge >= 0.3 is 11.5 Å². The van der Waals surface area contributed by atoms with Gasteiger partial charge in [0.2, 0.25) is 0 Å². The number of nitrogens with zero attached hydrogens (tertiary/aromatic N) is 2. The summed E-state index contributed by atoms with van der Waals surface area (Å²) in [4.78, 5) is 19.0. The molecule has 200 valence electrons. The first kappa shape index (κ1) is 28.3. The number of hydrogen-bond donors (Lipinski definition) is 0. The van der Waals surface area contributed by atoms with Crippen molar-refractivity contribution >= 4 is 46.0 Å². The molecule has 1 aliphatic rings. The van der Waals surface area contributed by atoms with Crippen molar-refractivity contribution in [1.29, 1.82) is 0 Å². The quantitative estimate of drug-likeness (QED) is 0.222. The van der Waals surface area contributed by atoms with Crippen LogP contribution in [0.15, 0.2) is 71.7 Å². The lowest BCUT2D eigenvalue weighted by Gasteiger charge is -2.28. The Kier molecular flexibility index (Phi) is 8.03. The number of carbonyl (C=O) groups is 1. The number of alkyl halides is 3. The highest BCUT2D eigenvalue weighted by Crippen LogP contribution is 2.46. The predicted octanol–water partition coefficient (Wildman–Crippen LogP) is 9.14. The molecule has 0 saturated carbocycles. The fourth-order valence-electron chi connectivity index (χ4n) is 4.29. The zero-order valence-electron chi connectivity index (χ0n) is 20.7. The van der Waals surface area contributed by atoms with E-state index in [1.807, 2.05) is 20.8 Å². The molecule has 0 spiro atoms. The monoisotopic (exact) mass is 582 g/mol. The lowest BCUT2D eigenvalue weighted by atomic mass is 9.86. The van der Waals surface area contributed by atoms with Crippen molar-refractivity contribution in [3.8, 4) is 5.75 Å². The Bertz CT molecular complexity index is 1350. The van der Waals surface area contributed by atoms with Gasteiger partial charge in [-0.15, -0.1) is 0 Å². The number of amidine groups is 1. The van der Waals surface area contributed by atoms with Gasteiger partial charge in [0.25, 0.3) is 0 Å². The summed E-state index contributed by atoms with van der Waals surface area (Å²) >= 11 is 18.3. The number of rotatable bonds is 5. The van der Waals surface area contributed by atoms with E-state index >= 15 is 0 Å². The largest absolute Gasteiger partial charge is 0.483 e. The summed E-state index contributed by atoms with van der Waals surface area (Å²) in [6.45, 7) is 4.30. The van der Waals surface area contributed by atoms with E-state index in [-0.39, 0.29) is 22.6 Å². The zero-order chi connectivity index (χ0) is 27.8. The number of hydrogen-bond acceptors (Lipinski definition) is 3. The third-order valence-electron chi connectivity index (χ3n) is 6.16. The Morgan fingerprint density at radius 3 is 1.97 bits per heavy atom. The molecule has 1 heterocycles. The highest BCUT2D eigenvalue weighted by atomic mass is 35.5. The minimum atomic E-state index is -4.56. The van der Waals surface area contributed by atoms with Crippen LogP contribution >= 0.6 is 34.8 Å². The van der Waals surface area contributed by atoms with Crippen molar-refractivity contribution in [2.24, 2.45) is 4.99 Å². The van der Waals surface area contributed by atoms with E-state index < -0.39 is 30.2 Å². The van der Waals surface area contributed by atoms with Crippen LogP contribution in [0.3, 0.4) is 0 Å². The fraction of sp³-hybridized carbons (Fsp3) is 0.286. The van der Waals surface area contributed by atoms with Crippen molar-refractivity contribution in [3.63, 3.8) is 0 Å². The fourth-order valence-corrected chi connectivity index (χ4v) is 4.73. The van der Waals surface area contributed by atoms with Crippen LogP contribution in [0.4, 0.5) is 18.0 Å². The molecule has 0 saturated heterocycles. The maximum absolute atomic E-state index is 13.2. The summed E-state index contributed by atoms with van der Waals surface area (Å²) in [6.07, 6.45) is -4.56. The van der Waals surface area contributed by atoms with E-state index in [2.05, 4.69) is 0 Å². The van der Waals surface area contributed by atoms with E-state index in [1.165, 1.54) is 4.90 Å². The summed E-state index contributed by atoms with van der Waals surface area (Å²) in [5.74, 6) is 0.0468. The van der Waals surface area contributed by atoms with Crippen LogP contribution < -0.4 is 4.74 Å². The second-order valence-electron chi connectivity index (χ2n) is 9.93. The normalized spacial score (nSPS) is 17.9. The standard InChI is InChI=1S/C28H24Cl3F3N2O2/c1-27(2,3)18-8-13-21(22(14-18)38-15-28(32,33)34)25-35-23(16-4-9-19(29)10-5-16)24(36(25)26(31)37)17-6-11-20(30)12-7-17/h4-14,23-24H,15H2,1-3H3/t23-,24+/m0/s1. The van der Waals surface area contributed by atoms with Crippen molar-refractivity contribution in [1.82, 2.24) is 4.90 Å². The van der Waals surface area contributed by atoms with Crippen molar-refractivity contribution in [3.05, 3.63) is 99.0 Å². The van der Waals surface area contributed by atoms with Crippen LogP contribution in [0.1, 0.15) is 55.1 Å². The number of carbonyl (C=O) groups excluding carboxylic acids is 1. The lowest BCUT2D eigenvalue weighted by Crippen LogP contribution is -2.34. The molecule has 0 bridgehead atoms. The summed E-state index contributed by atoms with van der Waals surface area (Å²) < 4.78 is 44.7. The first-order chi connectivity index (χ1) is 17.7. The van der Waals surface area contributed by atoms with Gasteiger partial charge < -0.3 is 4.74 Å². The molecule has 1 aliphatic heterocycles. The topological polar surface area (TPSA) is 41.9 Å². The minimum absolute atomic E-state index is 0.0528. The summed E-state index contributed by atoms with van der Waals surface area (Å²) in [6, 6.07) is 17.4. The number of amides is 1. The maximum atomic E-state index is 13.2. The summed E-state index contributed by atoms with van der Waals surface area (Å²) in [5, 5.41) is 0.173. The Labute approximate surface area is 234 Å². The van der Waals surface area contributed by atoms with E-state index in [1.54, 1.807) is 66.7 Å². The van der Waals surface area contributed by atoms with Crippen LogP contribution in [0.5, 0.6) is 5.75 Å². The highest BCUT2D eigenvalue weighted by Gasteiger charge is 2.43. The Morgan fingerprint density at radius 1 is 0.921 bits per heavy atom. The third kappa shape index (κ3) is 6.28. The maximum Gasteiger partial charge on any atom is 0.422 e. The Hall–Kier alpha value is -2.74. The molecule has 0 unspecified atom stereocenters. The highest BCUT2D eigenvalue weighted by molar-refractivity contribution is 6.64. The van der Waals surface area contributed by atoms with Crippen molar-refractivity contribution in [2.45, 2.75) is 44.4 Å². The van der Waals surface area contributed by atoms with E-state index in [4.69, 9.17) is 44.5 Å². The molecule has 4 nitrogen and oxygen atoms in total. The van der Waals surface area contributed by atoms with Gasteiger partial charge in [-0.3, -0.25) is 14.7 Å². The molecule has 0 aromatic heterocycles. The van der Waals surface area contributed by atoms with Crippen molar-refractivity contribution < 1.29 is 22.7 Å². The first-order valence-corrected chi connectivity index (χ1v) is 12.8. The number of ether oxygens (including phenoxy) is 1. The molecule has 3 aromatic carbocycles. The molecule has 0 aliphatic carbocycles. The predicted molar refractivity (Wildman–Crippen MR) is 145 cm³/mol. The molecule has 0 N–H and O–H groups in total. The van der Waals surface area contributed by atoms with E-state index in [0.717, 1.165) is 11.1 Å². The van der Waals surface area contributed by atoms with Gasteiger partial charge in [0, 0.05) is 10.0 Å². The molecule has 10 heteroatoms. The van der Waals surface area contributed by atoms with E-state index in [0.29, 0.717) is 15.6 Å². The average molecular weight is 584 g/mol. The van der Waals surface area contributed by atoms with Crippen LogP contribution in [0, 0.1) is 0 Å². The van der Waals surface area contributed by atoms with Crippen LogP contribution in [-0.4, -0.2) is 28.9 Å². The number of benzene rings is 3. The molecule has 0 radical (unpaired) electrons. The summed E-state index contributed by atoms with van der Waals surface area (Å²) in [7, 11) is 0. The van der Waals surface area contributed by atoms with Crippen molar-refractivity contribution in [2.75, 3.05) is 6.61 Å². The van der Waals surface area contributed by atoms with Gasteiger partial charge in [0.15, 0.2) is 6.61 Å². The minimum Gasteiger partial charge on any atom is -0.483 e. The SMILES string of the molecule is CC(C)(C)c1ccc(C2=N[C@@H](c3ccc(Cl)cc3)[C@@H](c3ccc(Cl)cc3)N2C(=O)Cl)c(OCC(F)(F)F)c1. The third-order valence-corrected chi connectivity index (χ3v) is 6.85. The van der Waals surface area contributed by atoms with Gasteiger partial charge in [-0.1, -0.05) is 74.3 Å². The summed E-state index contributed by atoms with van der Waals surface area (Å²) in [5.41, 5.74) is 2.02. The Morgan fingerprint density at radius 2 is 1.47 bits per heavy atom. The lowest BCUT2D eigenvalue weighted by molar-refractivity contribution is -0.153. The molecule has 2 atom stereocenters. The average Bonchev–Trinajstić information content (AvgIpc) is 3.23. The number of halogens is 6. The zero-order valence-corrected chi connectivity index (χ0v) is 23.0. The number of aliphatic imine (C=N–C) groups is 1. The molecule has 4 rings (SSSR count).